The molecule has 112 valence electrons. The quantitative estimate of drug-likeness (QED) is 0.513. The molecule has 3 heterocycles. The van der Waals surface area contributed by atoms with Crippen molar-refractivity contribution in [3.8, 4) is 0 Å². The van der Waals surface area contributed by atoms with E-state index in [1.165, 1.54) is 0 Å². The van der Waals surface area contributed by atoms with Crippen LogP contribution in [0.2, 0.25) is 0 Å². The van der Waals surface area contributed by atoms with Gasteiger partial charge in [0, 0.05) is 20.0 Å². The molecule has 0 spiro atoms. The van der Waals surface area contributed by atoms with Crippen LogP contribution in [-0.4, -0.2) is 38.2 Å². The van der Waals surface area contributed by atoms with E-state index in [-0.39, 0.29) is 0 Å². The molecule has 0 amide bonds. The summed E-state index contributed by atoms with van der Waals surface area (Å²) < 4.78 is 4.91. The van der Waals surface area contributed by atoms with Crippen LogP contribution in [0.1, 0.15) is 24.6 Å². The minimum Gasteiger partial charge on any atom is -0.347 e. The first-order valence-corrected chi connectivity index (χ1v) is 6.75. The smallest absolute Gasteiger partial charge is 0.243 e. The highest BCUT2D eigenvalue weighted by molar-refractivity contribution is 5.43. The van der Waals surface area contributed by atoms with Crippen LogP contribution >= 0.6 is 0 Å². The zero-order valence-corrected chi connectivity index (χ0v) is 11.7. The molecule has 0 unspecified atom stereocenters. The van der Waals surface area contributed by atoms with Crippen molar-refractivity contribution in [3.63, 3.8) is 0 Å². The summed E-state index contributed by atoms with van der Waals surface area (Å²) in [5, 5.41) is 6.85. The zero-order valence-electron chi connectivity index (χ0n) is 11.7. The third-order valence-electron chi connectivity index (χ3n) is 3.12. The minimum atomic E-state index is 0.318. The third kappa shape index (κ3) is 3.16. The van der Waals surface area contributed by atoms with Gasteiger partial charge in [-0.15, -0.1) is 0 Å². The van der Waals surface area contributed by atoms with Crippen molar-refractivity contribution in [2.45, 2.75) is 26.3 Å². The summed E-state index contributed by atoms with van der Waals surface area (Å²) >= 11 is 0. The van der Waals surface area contributed by atoms with Gasteiger partial charge >= 0.3 is 0 Å². The van der Waals surface area contributed by atoms with Crippen LogP contribution in [0.15, 0.2) is 4.52 Å². The molecule has 10 nitrogen and oxygen atoms in total. The Hall–Kier alpha value is -2.49. The fourth-order valence-corrected chi connectivity index (χ4v) is 2.14. The minimum absolute atomic E-state index is 0.318. The summed E-state index contributed by atoms with van der Waals surface area (Å²) in [7, 11) is 0. The molecule has 1 aliphatic heterocycles. The first-order valence-electron chi connectivity index (χ1n) is 6.75. The number of aromatic nitrogens is 5. The molecule has 0 aliphatic carbocycles. The van der Waals surface area contributed by atoms with Gasteiger partial charge in [0.25, 0.3) is 0 Å². The van der Waals surface area contributed by atoms with Gasteiger partial charge in [0.05, 0.1) is 6.54 Å². The van der Waals surface area contributed by atoms with Gasteiger partial charge in [-0.2, -0.15) is 19.9 Å². The van der Waals surface area contributed by atoms with Gasteiger partial charge in [-0.3, -0.25) is 5.43 Å². The zero-order chi connectivity index (χ0) is 14.7. The number of aryl methyl sites for hydroxylation is 1. The fourth-order valence-electron chi connectivity index (χ4n) is 2.14. The molecule has 2 aromatic rings. The highest BCUT2D eigenvalue weighted by Crippen LogP contribution is 2.18. The van der Waals surface area contributed by atoms with E-state index in [1.807, 2.05) is 0 Å². The van der Waals surface area contributed by atoms with Crippen molar-refractivity contribution in [3.05, 3.63) is 11.7 Å². The number of nitrogens with zero attached hydrogens (tertiary/aromatic N) is 6. The molecule has 2 aromatic heterocycles. The Bertz CT molecular complexity index is 607. The van der Waals surface area contributed by atoms with Gasteiger partial charge in [0.2, 0.25) is 23.7 Å². The average molecular weight is 291 g/mol. The molecule has 10 heteroatoms. The Balaban J connectivity index is 1.75. The maximum absolute atomic E-state index is 5.41. The van der Waals surface area contributed by atoms with Crippen LogP contribution < -0.4 is 21.5 Å². The van der Waals surface area contributed by atoms with Gasteiger partial charge in [-0.1, -0.05) is 5.16 Å². The Kier molecular flexibility index (Phi) is 3.77. The number of nitrogens with two attached hydrogens (primary N) is 1. The standard InChI is InChI=1S/C11H17N9O/c1-7-14-8(19-21-7)6-13-9-15-10(18-12)17-11(16-9)20-4-2-3-5-20/h2-6,12H2,1H3,(H2,13,15,16,17,18). The predicted molar refractivity (Wildman–Crippen MR) is 75.4 cm³/mol. The summed E-state index contributed by atoms with van der Waals surface area (Å²) in [6.45, 7) is 3.99. The van der Waals surface area contributed by atoms with E-state index in [2.05, 4.69) is 40.7 Å². The van der Waals surface area contributed by atoms with Crippen molar-refractivity contribution >= 4 is 17.8 Å². The molecule has 3 rings (SSSR count). The van der Waals surface area contributed by atoms with Crippen LogP contribution in [0.4, 0.5) is 17.8 Å². The van der Waals surface area contributed by atoms with Crippen molar-refractivity contribution < 1.29 is 4.52 Å². The van der Waals surface area contributed by atoms with Crippen LogP contribution in [0.5, 0.6) is 0 Å². The van der Waals surface area contributed by atoms with E-state index in [4.69, 9.17) is 10.4 Å². The molecule has 1 fully saturated rings. The maximum Gasteiger partial charge on any atom is 0.243 e. The number of hydrogen-bond donors (Lipinski definition) is 3. The van der Waals surface area contributed by atoms with E-state index in [0.717, 1.165) is 25.9 Å². The summed E-state index contributed by atoms with van der Waals surface area (Å²) in [6.07, 6.45) is 2.28. The lowest BCUT2D eigenvalue weighted by Crippen LogP contribution is -2.23. The predicted octanol–water partition coefficient (Wildman–Crippen LogP) is 0.0609. The number of anilines is 3. The number of nitrogens with one attached hydrogen (secondary N) is 2. The van der Waals surface area contributed by atoms with Gasteiger partial charge in [0.15, 0.2) is 5.82 Å². The maximum atomic E-state index is 5.41. The number of hydrazine groups is 1. The molecule has 1 saturated heterocycles. The Morgan fingerprint density at radius 2 is 1.90 bits per heavy atom. The molecule has 4 N–H and O–H groups in total. The van der Waals surface area contributed by atoms with Crippen LogP contribution in [0.25, 0.3) is 0 Å². The van der Waals surface area contributed by atoms with E-state index < -0.39 is 0 Å². The second-order valence-electron chi connectivity index (χ2n) is 4.70. The summed E-state index contributed by atoms with van der Waals surface area (Å²) in [6, 6.07) is 0. The summed E-state index contributed by atoms with van der Waals surface area (Å²) in [4.78, 5) is 19.0. The lowest BCUT2D eigenvalue weighted by molar-refractivity contribution is 0.388. The molecular weight excluding hydrogens is 274 g/mol. The second kappa shape index (κ2) is 5.87. The van der Waals surface area contributed by atoms with E-state index in [1.54, 1.807) is 6.92 Å². The van der Waals surface area contributed by atoms with Crippen LogP contribution in [0.3, 0.4) is 0 Å². The third-order valence-corrected chi connectivity index (χ3v) is 3.12. The number of nitrogen functional groups attached to an aromatic ring is 1. The van der Waals surface area contributed by atoms with Crippen molar-refractivity contribution in [1.29, 1.82) is 0 Å². The van der Waals surface area contributed by atoms with Crippen LogP contribution in [0, 0.1) is 6.92 Å². The van der Waals surface area contributed by atoms with E-state index in [9.17, 15) is 0 Å². The lowest BCUT2D eigenvalue weighted by atomic mass is 10.4. The highest BCUT2D eigenvalue weighted by atomic mass is 16.5. The Morgan fingerprint density at radius 3 is 2.57 bits per heavy atom. The highest BCUT2D eigenvalue weighted by Gasteiger charge is 2.17. The molecule has 0 bridgehead atoms. The molecule has 1 aliphatic rings. The molecule has 0 atom stereocenters. The van der Waals surface area contributed by atoms with Crippen molar-refractivity contribution in [1.82, 2.24) is 25.1 Å². The first kappa shape index (κ1) is 13.5. The average Bonchev–Trinajstić information content (AvgIpc) is 3.16. The largest absolute Gasteiger partial charge is 0.347 e. The SMILES string of the molecule is Cc1nc(CNc2nc(NN)nc(N3CCCC3)n2)no1. The van der Waals surface area contributed by atoms with Crippen LogP contribution in [-0.2, 0) is 6.54 Å². The summed E-state index contributed by atoms with van der Waals surface area (Å²) in [5.41, 5.74) is 2.45. The van der Waals surface area contributed by atoms with Crippen molar-refractivity contribution in [2.24, 2.45) is 5.84 Å². The van der Waals surface area contributed by atoms with Gasteiger partial charge in [-0.05, 0) is 12.8 Å². The summed E-state index contributed by atoms with van der Waals surface area (Å²) in [5.74, 6) is 7.82. The molecular formula is C11H17N9O. The topological polar surface area (TPSA) is 131 Å². The Morgan fingerprint density at radius 1 is 1.14 bits per heavy atom. The number of rotatable bonds is 5. The van der Waals surface area contributed by atoms with E-state index >= 15 is 0 Å². The lowest BCUT2D eigenvalue weighted by Gasteiger charge is -2.16. The molecule has 0 saturated carbocycles. The normalized spacial score (nSPS) is 14.5. The van der Waals surface area contributed by atoms with E-state index in [0.29, 0.717) is 36.1 Å². The van der Waals surface area contributed by atoms with Crippen molar-refractivity contribution in [2.75, 3.05) is 28.7 Å². The van der Waals surface area contributed by atoms with Gasteiger partial charge in [-0.25, -0.2) is 5.84 Å². The number of hydrogen-bond acceptors (Lipinski definition) is 10. The Labute approximate surface area is 121 Å². The monoisotopic (exact) mass is 291 g/mol. The molecule has 21 heavy (non-hydrogen) atoms. The molecule has 0 aromatic carbocycles. The first-order chi connectivity index (χ1) is 10.2. The van der Waals surface area contributed by atoms with Gasteiger partial charge < -0.3 is 14.7 Å². The fraction of sp³-hybridized carbons (Fsp3) is 0.545. The molecule has 0 radical (unpaired) electrons. The second-order valence-corrected chi connectivity index (χ2v) is 4.70. The van der Waals surface area contributed by atoms with Gasteiger partial charge in [0.1, 0.15) is 0 Å².